The number of rotatable bonds is 9. The molecule has 0 nitrogen and oxygen atoms in total. The van der Waals surface area contributed by atoms with Crippen molar-refractivity contribution in [2.45, 2.75) is 126 Å². The van der Waals surface area contributed by atoms with Gasteiger partial charge < -0.3 is 0 Å². The van der Waals surface area contributed by atoms with Gasteiger partial charge in [-0.05, 0) is 116 Å². The van der Waals surface area contributed by atoms with Gasteiger partial charge in [0.05, 0.1) is 0 Å². The zero-order chi connectivity index (χ0) is 23.6. The fraction of sp³-hybridized carbons (Fsp3) is 0.824. The second-order valence-corrected chi connectivity index (χ2v) is 13.6. The fourth-order valence-corrected chi connectivity index (χ4v) is 9.38. The van der Waals surface area contributed by atoms with E-state index in [-0.39, 0.29) is 7.43 Å². The third-order valence-corrected chi connectivity index (χ3v) is 11.3. The van der Waals surface area contributed by atoms with Gasteiger partial charge in [-0.2, -0.15) is 0 Å². The van der Waals surface area contributed by atoms with Crippen molar-refractivity contribution >= 4 is 0 Å². The molecule has 4 rings (SSSR count). The summed E-state index contributed by atoms with van der Waals surface area (Å²) in [7, 11) is 0. The Bertz CT molecular complexity index is 724. The third-order valence-electron chi connectivity index (χ3n) is 11.3. The molecule has 0 heteroatoms. The zero-order valence-corrected chi connectivity index (χ0v) is 22.8. The topological polar surface area (TPSA) is 0 Å². The second-order valence-electron chi connectivity index (χ2n) is 13.6. The molecule has 4 aliphatic rings. The van der Waals surface area contributed by atoms with Crippen molar-refractivity contribution in [3.05, 3.63) is 36.5 Å². The highest BCUT2D eigenvalue weighted by Gasteiger charge is 2.58. The van der Waals surface area contributed by atoms with Crippen LogP contribution >= 0.6 is 0 Å². The largest absolute Gasteiger partial charge is 0.103 e. The summed E-state index contributed by atoms with van der Waals surface area (Å²) in [4.78, 5) is 0. The third kappa shape index (κ3) is 5.32. The molecule has 0 radical (unpaired) electrons. The van der Waals surface area contributed by atoms with Crippen LogP contribution in [0.4, 0.5) is 0 Å². The summed E-state index contributed by atoms with van der Waals surface area (Å²) in [6.45, 7) is 16.7. The van der Waals surface area contributed by atoms with E-state index in [2.05, 4.69) is 59.4 Å². The minimum absolute atomic E-state index is 0. The Morgan fingerprint density at radius 3 is 2.53 bits per heavy atom. The molecule has 0 spiro atoms. The molecule has 3 saturated carbocycles. The maximum Gasteiger partial charge on any atom is -0.00849 e. The van der Waals surface area contributed by atoms with Gasteiger partial charge in [0.25, 0.3) is 0 Å². The van der Waals surface area contributed by atoms with Gasteiger partial charge in [-0.3, -0.25) is 0 Å². The Hall–Kier alpha value is -0.780. The monoisotopic (exact) mass is 466 g/mol. The first-order valence-corrected chi connectivity index (χ1v) is 14.8. The highest BCUT2D eigenvalue weighted by Crippen LogP contribution is 2.67. The van der Waals surface area contributed by atoms with Crippen LogP contribution in [-0.2, 0) is 0 Å². The molecule has 0 heterocycles. The number of unbranched alkanes of at least 4 members (excludes halogenated alkanes) is 1. The van der Waals surface area contributed by atoms with Crippen LogP contribution in [0.2, 0.25) is 0 Å². The van der Waals surface area contributed by atoms with Gasteiger partial charge in [-0.15, -0.1) is 6.58 Å². The van der Waals surface area contributed by atoms with Crippen LogP contribution in [0.15, 0.2) is 36.5 Å². The minimum atomic E-state index is 0. The molecule has 34 heavy (non-hydrogen) atoms. The van der Waals surface area contributed by atoms with Crippen LogP contribution in [-0.4, -0.2) is 0 Å². The second kappa shape index (κ2) is 11.5. The van der Waals surface area contributed by atoms with E-state index in [1.165, 1.54) is 77.0 Å². The van der Waals surface area contributed by atoms with E-state index in [4.69, 9.17) is 0 Å². The van der Waals surface area contributed by atoms with Gasteiger partial charge in [0, 0.05) is 0 Å². The smallest absolute Gasteiger partial charge is 0.00849 e. The lowest BCUT2D eigenvalue weighted by Crippen LogP contribution is -2.50. The highest BCUT2D eigenvalue weighted by molar-refractivity contribution is 5.26. The summed E-state index contributed by atoms with van der Waals surface area (Å²) in [6.07, 6.45) is 27.9. The first kappa shape index (κ1) is 27.8. The van der Waals surface area contributed by atoms with Crippen molar-refractivity contribution in [2.75, 3.05) is 0 Å². The highest BCUT2D eigenvalue weighted by atomic mass is 14.6. The van der Waals surface area contributed by atoms with E-state index < -0.39 is 0 Å². The number of fused-ring (bicyclic) bond motifs is 5. The Balaban J connectivity index is 0.00000324. The van der Waals surface area contributed by atoms with E-state index in [1.807, 2.05) is 11.6 Å². The molecule has 194 valence electrons. The fourth-order valence-electron chi connectivity index (χ4n) is 9.38. The first-order chi connectivity index (χ1) is 15.8. The van der Waals surface area contributed by atoms with Crippen LogP contribution in [0.5, 0.6) is 0 Å². The van der Waals surface area contributed by atoms with Crippen molar-refractivity contribution in [3.8, 4) is 0 Å². The summed E-state index contributed by atoms with van der Waals surface area (Å²) < 4.78 is 0. The van der Waals surface area contributed by atoms with E-state index >= 15 is 0 Å². The molecule has 0 N–H and O–H groups in total. The molecule has 3 fully saturated rings. The van der Waals surface area contributed by atoms with Crippen LogP contribution in [0, 0.1) is 52.3 Å². The number of hydrogen-bond donors (Lipinski definition) is 0. The molecular formula is C34H58. The van der Waals surface area contributed by atoms with Crippen LogP contribution in [0.25, 0.3) is 0 Å². The lowest BCUT2D eigenvalue weighted by Gasteiger charge is -2.58. The quantitative estimate of drug-likeness (QED) is 0.234. The van der Waals surface area contributed by atoms with Gasteiger partial charge in [0.15, 0.2) is 0 Å². The molecule has 0 aliphatic heterocycles. The van der Waals surface area contributed by atoms with E-state index in [1.54, 1.807) is 0 Å². The maximum absolute atomic E-state index is 3.86. The van der Waals surface area contributed by atoms with Crippen LogP contribution in [0.3, 0.4) is 0 Å². The SMILES string of the molecule is C.C=CCC/C=C/[C@H]1CC[C@@]2(C)C(=CC[C@H]3[C@@H]4CC[C@H]([C@H](C)CCCC(C)C)[C@@]4(C)CC[C@@H]32)C1. The Morgan fingerprint density at radius 2 is 1.79 bits per heavy atom. The molecule has 0 saturated heterocycles. The summed E-state index contributed by atoms with van der Waals surface area (Å²) >= 11 is 0. The molecule has 8 atom stereocenters. The average molecular weight is 467 g/mol. The van der Waals surface area contributed by atoms with Gasteiger partial charge in [-0.25, -0.2) is 0 Å². The van der Waals surface area contributed by atoms with Crippen molar-refractivity contribution < 1.29 is 0 Å². The molecule has 0 amide bonds. The van der Waals surface area contributed by atoms with Crippen LogP contribution in [0.1, 0.15) is 126 Å². The molecule has 0 aromatic heterocycles. The average Bonchev–Trinajstić information content (AvgIpc) is 3.14. The van der Waals surface area contributed by atoms with Gasteiger partial charge in [0.2, 0.25) is 0 Å². The predicted molar refractivity (Wildman–Crippen MR) is 152 cm³/mol. The van der Waals surface area contributed by atoms with Gasteiger partial charge >= 0.3 is 0 Å². The Morgan fingerprint density at radius 1 is 1.00 bits per heavy atom. The van der Waals surface area contributed by atoms with Crippen molar-refractivity contribution in [1.29, 1.82) is 0 Å². The Labute approximate surface area is 214 Å². The van der Waals surface area contributed by atoms with Crippen molar-refractivity contribution in [3.63, 3.8) is 0 Å². The number of allylic oxidation sites excluding steroid dienone is 5. The molecule has 0 aromatic carbocycles. The maximum atomic E-state index is 3.86. The van der Waals surface area contributed by atoms with E-state index in [0.717, 1.165) is 47.8 Å². The van der Waals surface area contributed by atoms with Crippen molar-refractivity contribution in [1.82, 2.24) is 0 Å². The lowest BCUT2D eigenvalue weighted by atomic mass is 9.46. The van der Waals surface area contributed by atoms with E-state index in [0.29, 0.717) is 10.8 Å². The first-order valence-electron chi connectivity index (χ1n) is 14.8. The number of hydrogen-bond acceptors (Lipinski definition) is 0. The molecular weight excluding hydrogens is 408 g/mol. The lowest BCUT2D eigenvalue weighted by molar-refractivity contribution is -0.0516. The molecule has 4 aliphatic carbocycles. The summed E-state index contributed by atoms with van der Waals surface area (Å²) in [5, 5.41) is 0. The van der Waals surface area contributed by atoms with Crippen molar-refractivity contribution in [2.24, 2.45) is 52.3 Å². The van der Waals surface area contributed by atoms with Gasteiger partial charge in [0.1, 0.15) is 0 Å². The standard InChI is InChI=1S/C33H54.CH4/c1-7-8-9-10-14-26-19-21-32(5)27(23-26)15-16-28-30-18-17-29(25(4)13-11-12-24(2)3)33(30,6)22-20-31(28)32;/h7,10,14-15,24-26,28-31H,1,8-9,11-13,16-23H2,2-6H3;1H4/b14-10+;/t25-,26+,28+,29-,30+,31+,32+,33-;/m1./s1. The molecule has 0 bridgehead atoms. The summed E-state index contributed by atoms with van der Waals surface area (Å²) in [6, 6.07) is 0. The minimum Gasteiger partial charge on any atom is -0.103 e. The van der Waals surface area contributed by atoms with Crippen LogP contribution < -0.4 is 0 Å². The molecule has 0 aromatic rings. The predicted octanol–water partition coefficient (Wildman–Crippen LogP) is 10.8. The van der Waals surface area contributed by atoms with E-state index in [9.17, 15) is 0 Å². The summed E-state index contributed by atoms with van der Waals surface area (Å²) in [5.74, 6) is 6.44. The zero-order valence-electron chi connectivity index (χ0n) is 22.8. The normalized spacial score (nSPS) is 40.2. The summed E-state index contributed by atoms with van der Waals surface area (Å²) in [5.41, 5.74) is 2.95. The van der Waals surface area contributed by atoms with Gasteiger partial charge in [-0.1, -0.05) is 91.2 Å². The Kier molecular flexibility index (Phi) is 9.42. The molecule has 0 unspecified atom stereocenters.